The van der Waals surface area contributed by atoms with E-state index in [0.29, 0.717) is 5.56 Å². The Morgan fingerprint density at radius 1 is 1.14 bits per heavy atom. The maximum atomic E-state index is 12.6. The van der Waals surface area contributed by atoms with Crippen LogP contribution in [0.5, 0.6) is 0 Å². The second kappa shape index (κ2) is 7.09. The Bertz CT molecular complexity index is 1110. The molecular weight excluding hydrogens is 370 g/mol. The molecule has 0 atom stereocenters. The van der Waals surface area contributed by atoms with Gasteiger partial charge in [-0.2, -0.15) is 11.3 Å². The summed E-state index contributed by atoms with van der Waals surface area (Å²) in [7, 11) is 0. The largest absolute Gasteiger partial charge is 0.357 e. The average molecular weight is 389 g/mol. The Morgan fingerprint density at radius 2 is 2.04 bits per heavy atom. The molecule has 1 aliphatic heterocycles. The number of anilines is 2. The number of aromatic amines is 1. The van der Waals surface area contributed by atoms with Crippen molar-refractivity contribution in [1.82, 2.24) is 15.0 Å². The molecule has 0 aliphatic carbocycles. The van der Waals surface area contributed by atoms with Gasteiger partial charge in [-0.15, -0.1) is 0 Å². The van der Waals surface area contributed by atoms with Crippen LogP contribution in [0.1, 0.15) is 23.2 Å². The number of benzene rings is 1. The number of rotatable bonds is 4. The molecule has 6 nitrogen and oxygen atoms in total. The Morgan fingerprint density at radius 3 is 2.79 bits per heavy atom. The Labute approximate surface area is 166 Å². The lowest BCUT2D eigenvalue weighted by atomic mass is 10.2. The minimum atomic E-state index is -0.169. The molecule has 4 heterocycles. The summed E-state index contributed by atoms with van der Waals surface area (Å²) in [5, 5.41) is 7.02. The molecule has 4 aromatic rings. The number of aromatic nitrogens is 3. The van der Waals surface area contributed by atoms with Crippen LogP contribution in [0.3, 0.4) is 0 Å². The number of hydrogen-bond acceptors (Lipinski definition) is 5. The average Bonchev–Trinajstić information content (AvgIpc) is 3.48. The standard InChI is InChI=1S/C21H19N5OS/c27-21(14-3-6-19(22-12-14)26-8-1-2-9-26)23-16-4-5-17-18(11-16)25-20(24-17)15-7-10-28-13-15/h3-7,10-13H,1-2,8-9H2,(H,23,27)(H,24,25). The monoisotopic (exact) mass is 389 g/mol. The number of carbonyl (C=O) groups excluding carboxylic acids is 1. The lowest BCUT2D eigenvalue weighted by Crippen LogP contribution is -2.19. The molecule has 2 N–H and O–H groups in total. The normalized spacial score (nSPS) is 13.9. The summed E-state index contributed by atoms with van der Waals surface area (Å²) in [4.78, 5) is 27.2. The molecule has 0 saturated carbocycles. The molecule has 0 unspecified atom stereocenters. The minimum absolute atomic E-state index is 0.169. The fourth-order valence-electron chi connectivity index (χ4n) is 3.48. The summed E-state index contributed by atoms with van der Waals surface area (Å²) in [6.07, 6.45) is 4.05. The molecule has 1 aliphatic rings. The van der Waals surface area contributed by atoms with Gasteiger partial charge in [-0.1, -0.05) is 0 Å². The van der Waals surface area contributed by atoms with Crippen LogP contribution in [-0.4, -0.2) is 33.9 Å². The highest BCUT2D eigenvalue weighted by Gasteiger charge is 2.14. The lowest BCUT2D eigenvalue weighted by Gasteiger charge is -2.16. The summed E-state index contributed by atoms with van der Waals surface area (Å²) < 4.78 is 0. The van der Waals surface area contributed by atoms with Gasteiger partial charge in [0.15, 0.2) is 0 Å². The third-order valence-electron chi connectivity index (χ3n) is 4.97. The number of imidazole rings is 1. The molecule has 5 rings (SSSR count). The summed E-state index contributed by atoms with van der Waals surface area (Å²) in [5.74, 6) is 1.60. The van der Waals surface area contributed by atoms with Crippen LogP contribution in [0.15, 0.2) is 53.4 Å². The molecule has 1 aromatic carbocycles. The van der Waals surface area contributed by atoms with Gasteiger partial charge in [0.25, 0.3) is 5.91 Å². The van der Waals surface area contributed by atoms with Crippen molar-refractivity contribution in [2.75, 3.05) is 23.3 Å². The first-order valence-corrected chi connectivity index (χ1v) is 10.3. The zero-order valence-electron chi connectivity index (χ0n) is 15.2. The molecular formula is C21H19N5OS. The Balaban J connectivity index is 1.33. The van der Waals surface area contributed by atoms with Crippen molar-refractivity contribution in [3.8, 4) is 11.4 Å². The van der Waals surface area contributed by atoms with E-state index in [1.54, 1.807) is 17.5 Å². The number of H-pyrrole nitrogens is 1. The third kappa shape index (κ3) is 3.25. The van der Waals surface area contributed by atoms with Crippen molar-refractivity contribution in [1.29, 1.82) is 0 Å². The summed E-state index contributed by atoms with van der Waals surface area (Å²) in [5.41, 5.74) is 4.10. The van der Waals surface area contributed by atoms with Crippen molar-refractivity contribution >= 4 is 39.8 Å². The van der Waals surface area contributed by atoms with Crippen LogP contribution in [0.2, 0.25) is 0 Å². The van der Waals surface area contributed by atoms with Gasteiger partial charge in [-0.3, -0.25) is 4.79 Å². The molecule has 7 heteroatoms. The van der Waals surface area contributed by atoms with Crippen molar-refractivity contribution in [3.05, 3.63) is 58.9 Å². The molecule has 1 fully saturated rings. The Hall–Kier alpha value is -3.19. The molecule has 140 valence electrons. The van der Waals surface area contributed by atoms with Gasteiger partial charge in [0.1, 0.15) is 11.6 Å². The van der Waals surface area contributed by atoms with Crippen molar-refractivity contribution in [2.24, 2.45) is 0 Å². The fourth-order valence-corrected chi connectivity index (χ4v) is 4.12. The van der Waals surface area contributed by atoms with Crippen LogP contribution in [0.4, 0.5) is 11.5 Å². The van der Waals surface area contributed by atoms with E-state index in [2.05, 4.69) is 30.5 Å². The number of nitrogens with zero attached hydrogens (tertiary/aromatic N) is 3. The first-order chi connectivity index (χ1) is 13.8. The highest BCUT2D eigenvalue weighted by molar-refractivity contribution is 7.08. The van der Waals surface area contributed by atoms with E-state index in [1.165, 1.54) is 12.8 Å². The number of hydrogen-bond donors (Lipinski definition) is 2. The number of amides is 1. The fraction of sp³-hybridized carbons (Fsp3) is 0.190. The van der Waals surface area contributed by atoms with Crippen LogP contribution in [0, 0.1) is 0 Å². The number of nitrogens with one attached hydrogen (secondary N) is 2. The van der Waals surface area contributed by atoms with E-state index >= 15 is 0 Å². The first-order valence-electron chi connectivity index (χ1n) is 9.31. The molecule has 0 spiro atoms. The van der Waals surface area contributed by atoms with Crippen molar-refractivity contribution in [2.45, 2.75) is 12.8 Å². The van der Waals surface area contributed by atoms with E-state index in [0.717, 1.165) is 47.0 Å². The number of fused-ring (bicyclic) bond motifs is 1. The highest BCUT2D eigenvalue weighted by atomic mass is 32.1. The van der Waals surface area contributed by atoms with Gasteiger partial charge in [0, 0.05) is 35.9 Å². The predicted molar refractivity (Wildman–Crippen MR) is 113 cm³/mol. The van der Waals surface area contributed by atoms with Crippen LogP contribution < -0.4 is 10.2 Å². The minimum Gasteiger partial charge on any atom is -0.357 e. The lowest BCUT2D eigenvalue weighted by molar-refractivity contribution is 0.102. The number of thiophene rings is 1. The quantitative estimate of drug-likeness (QED) is 0.537. The van der Waals surface area contributed by atoms with Crippen molar-refractivity contribution < 1.29 is 4.79 Å². The molecule has 28 heavy (non-hydrogen) atoms. The summed E-state index contributed by atoms with van der Waals surface area (Å²) in [6.45, 7) is 2.08. The number of pyridine rings is 1. The maximum absolute atomic E-state index is 12.6. The van der Waals surface area contributed by atoms with E-state index in [4.69, 9.17) is 0 Å². The maximum Gasteiger partial charge on any atom is 0.257 e. The summed E-state index contributed by atoms with van der Waals surface area (Å²) in [6, 6.07) is 11.5. The van der Waals surface area contributed by atoms with Gasteiger partial charge in [0.2, 0.25) is 0 Å². The van der Waals surface area contributed by atoms with Gasteiger partial charge < -0.3 is 15.2 Å². The zero-order valence-corrected chi connectivity index (χ0v) is 16.0. The zero-order chi connectivity index (χ0) is 18.9. The van der Waals surface area contributed by atoms with Crippen LogP contribution in [-0.2, 0) is 0 Å². The molecule has 1 amide bonds. The molecule has 0 bridgehead atoms. The van der Waals surface area contributed by atoms with Crippen LogP contribution >= 0.6 is 11.3 Å². The van der Waals surface area contributed by atoms with Gasteiger partial charge in [-0.25, -0.2) is 9.97 Å². The third-order valence-corrected chi connectivity index (χ3v) is 5.66. The predicted octanol–water partition coefficient (Wildman–Crippen LogP) is 4.54. The van der Waals surface area contributed by atoms with E-state index in [9.17, 15) is 4.79 Å². The van der Waals surface area contributed by atoms with Crippen molar-refractivity contribution in [3.63, 3.8) is 0 Å². The second-order valence-electron chi connectivity index (χ2n) is 6.88. The van der Waals surface area contributed by atoms with Gasteiger partial charge in [-0.05, 0) is 54.6 Å². The second-order valence-corrected chi connectivity index (χ2v) is 7.66. The molecule has 1 saturated heterocycles. The van der Waals surface area contributed by atoms with Crippen LogP contribution in [0.25, 0.3) is 22.4 Å². The van der Waals surface area contributed by atoms with Gasteiger partial charge in [0.05, 0.1) is 16.6 Å². The highest BCUT2D eigenvalue weighted by Crippen LogP contribution is 2.25. The van der Waals surface area contributed by atoms with E-state index in [1.807, 2.05) is 41.8 Å². The van der Waals surface area contributed by atoms with E-state index < -0.39 is 0 Å². The van der Waals surface area contributed by atoms with E-state index in [-0.39, 0.29) is 5.91 Å². The first kappa shape index (κ1) is 16.9. The SMILES string of the molecule is O=C(Nc1ccc2nc(-c3ccsc3)[nH]c2c1)c1ccc(N2CCCC2)nc1. The molecule has 0 radical (unpaired) electrons. The van der Waals surface area contributed by atoms with Gasteiger partial charge >= 0.3 is 0 Å². The summed E-state index contributed by atoms with van der Waals surface area (Å²) >= 11 is 1.64. The Kier molecular flexibility index (Phi) is 4.29. The smallest absolute Gasteiger partial charge is 0.257 e. The topological polar surface area (TPSA) is 73.9 Å². The number of carbonyl (C=O) groups is 1. The molecule has 3 aromatic heterocycles.